The predicted octanol–water partition coefficient (Wildman–Crippen LogP) is 6.62. The van der Waals surface area contributed by atoms with Gasteiger partial charge in [-0.25, -0.2) is 19.7 Å². The lowest BCUT2D eigenvalue weighted by Gasteiger charge is -2.22. The third kappa shape index (κ3) is 6.84. The first kappa shape index (κ1) is 27.9. The second-order valence-electron chi connectivity index (χ2n) is 10.1. The number of nitrogens with one attached hydrogen (secondary N) is 2. The van der Waals surface area contributed by atoms with Gasteiger partial charge in [0.2, 0.25) is 0 Å². The van der Waals surface area contributed by atoms with Gasteiger partial charge >= 0.3 is 12.2 Å². The minimum absolute atomic E-state index is 0.0826. The summed E-state index contributed by atoms with van der Waals surface area (Å²) in [4.78, 5) is 25.9. The Morgan fingerprint density at radius 3 is 2.54 bits per heavy atom. The van der Waals surface area contributed by atoms with Crippen molar-refractivity contribution in [1.29, 1.82) is 0 Å². The van der Waals surface area contributed by atoms with Crippen LogP contribution in [0.15, 0.2) is 55.0 Å². The predicted molar refractivity (Wildman–Crippen MR) is 144 cm³/mol. The summed E-state index contributed by atoms with van der Waals surface area (Å²) in [5.74, 6) is 1.05. The molecule has 206 valence electrons. The van der Waals surface area contributed by atoms with Crippen molar-refractivity contribution in [3.8, 4) is 28.4 Å². The molecule has 4 aromatic rings. The average molecular weight is 541 g/mol. The Balaban J connectivity index is 1.67. The molecular weight excluding hydrogens is 509 g/mol. The third-order valence-electron chi connectivity index (χ3n) is 6.29. The Kier molecular flexibility index (Phi) is 7.80. The van der Waals surface area contributed by atoms with Crippen molar-refractivity contribution in [2.75, 3.05) is 11.9 Å². The van der Waals surface area contributed by atoms with Crippen molar-refractivity contribution in [3.63, 3.8) is 0 Å². The molecule has 0 aliphatic rings. The third-order valence-corrected chi connectivity index (χ3v) is 6.29. The number of imidazole rings is 1. The molecule has 0 aliphatic carbocycles. The second-order valence-corrected chi connectivity index (χ2v) is 10.1. The number of hydrogen-bond acceptors (Lipinski definition) is 5. The number of pyridine rings is 1. The van der Waals surface area contributed by atoms with Crippen LogP contribution >= 0.6 is 0 Å². The number of benzene rings is 1. The fourth-order valence-corrected chi connectivity index (χ4v) is 3.90. The zero-order valence-corrected chi connectivity index (χ0v) is 22.4. The highest BCUT2D eigenvalue weighted by atomic mass is 19.4. The van der Waals surface area contributed by atoms with Gasteiger partial charge in [-0.3, -0.25) is 4.40 Å². The number of fused-ring (bicyclic) bond motifs is 1. The average Bonchev–Trinajstić information content (AvgIpc) is 3.30. The van der Waals surface area contributed by atoms with E-state index in [4.69, 9.17) is 9.72 Å². The zero-order valence-electron chi connectivity index (χ0n) is 22.4. The van der Waals surface area contributed by atoms with E-state index in [0.29, 0.717) is 28.5 Å². The van der Waals surface area contributed by atoms with E-state index in [1.165, 1.54) is 0 Å². The van der Waals surface area contributed by atoms with E-state index < -0.39 is 18.8 Å². The van der Waals surface area contributed by atoms with Gasteiger partial charge in [0.25, 0.3) is 0 Å². The summed E-state index contributed by atoms with van der Waals surface area (Å²) in [5, 5.41) is 4.26. The molecule has 4 rings (SSSR count). The Labute approximate surface area is 224 Å². The number of aromatic nitrogens is 4. The molecule has 2 amide bonds. The Hall–Kier alpha value is -4.15. The van der Waals surface area contributed by atoms with Crippen LogP contribution in [-0.4, -0.2) is 44.2 Å². The summed E-state index contributed by atoms with van der Waals surface area (Å²) in [5.41, 5.74) is 3.97. The van der Waals surface area contributed by atoms with E-state index in [1.54, 1.807) is 30.6 Å². The molecule has 0 radical (unpaired) electrons. The van der Waals surface area contributed by atoms with Gasteiger partial charge in [0.15, 0.2) is 5.82 Å². The van der Waals surface area contributed by atoms with Crippen LogP contribution in [0, 0.1) is 0 Å². The van der Waals surface area contributed by atoms with Crippen LogP contribution in [0.4, 0.5) is 23.7 Å². The summed E-state index contributed by atoms with van der Waals surface area (Å²) >= 11 is 0. The van der Waals surface area contributed by atoms with Crippen molar-refractivity contribution in [3.05, 3.63) is 60.7 Å². The van der Waals surface area contributed by atoms with Gasteiger partial charge in [-0.05, 0) is 50.6 Å². The highest BCUT2D eigenvalue weighted by Crippen LogP contribution is 2.31. The summed E-state index contributed by atoms with van der Waals surface area (Å²) in [6.45, 7) is 8.67. The Morgan fingerprint density at radius 2 is 1.85 bits per heavy atom. The maximum absolute atomic E-state index is 12.5. The molecule has 2 N–H and O–H groups in total. The molecule has 0 bridgehead atoms. The molecule has 11 heteroatoms. The normalized spacial score (nSPS) is 12.1. The second kappa shape index (κ2) is 10.9. The number of carbonyl (C=O) groups is 1. The fraction of sp³-hybridized carbons (Fsp3) is 0.357. The van der Waals surface area contributed by atoms with Gasteiger partial charge in [0, 0.05) is 40.7 Å². The minimum atomic E-state index is -4.51. The number of amides is 2. The number of alkyl halides is 3. The van der Waals surface area contributed by atoms with Gasteiger partial charge in [0.05, 0.1) is 23.7 Å². The van der Waals surface area contributed by atoms with Gasteiger partial charge in [-0.1, -0.05) is 20.8 Å². The van der Waals surface area contributed by atoms with Gasteiger partial charge < -0.3 is 15.4 Å². The van der Waals surface area contributed by atoms with Crippen LogP contribution in [0.2, 0.25) is 0 Å². The first-order valence-corrected chi connectivity index (χ1v) is 12.6. The fourth-order valence-electron chi connectivity index (χ4n) is 3.90. The van der Waals surface area contributed by atoms with E-state index in [1.807, 2.05) is 48.0 Å². The van der Waals surface area contributed by atoms with Crippen LogP contribution in [0.25, 0.3) is 28.3 Å². The van der Waals surface area contributed by atoms with Crippen molar-refractivity contribution in [2.45, 2.75) is 58.7 Å². The number of urea groups is 1. The molecule has 3 aromatic heterocycles. The van der Waals surface area contributed by atoms with Crippen LogP contribution in [0.1, 0.15) is 46.7 Å². The summed E-state index contributed by atoms with van der Waals surface area (Å²) in [6.07, 6.45) is 1.55. The highest BCUT2D eigenvalue weighted by Gasteiger charge is 2.27. The SMILES string of the molecule is CCC(C)(C)c1ccnc(-c2ccn3c(-c4cc(NC(=O)NCC(F)(F)F)cc(OC(C)C)c4)cnc3c2)n1. The number of nitrogens with zero attached hydrogens (tertiary/aromatic N) is 4. The lowest BCUT2D eigenvalue weighted by molar-refractivity contribution is -0.122. The van der Waals surface area contributed by atoms with Crippen LogP contribution in [-0.2, 0) is 5.41 Å². The van der Waals surface area contributed by atoms with Gasteiger partial charge in [0.1, 0.15) is 17.9 Å². The minimum Gasteiger partial charge on any atom is -0.491 e. The molecular formula is C28H31F3N6O2. The van der Waals surface area contributed by atoms with Crippen molar-refractivity contribution < 1.29 is 22.7 Å². The molecule has 0 saturated carbocycles. The van der Waals surface area contributed by atoms with E-state index in [9.17, 15) is 18.0 Å². The van der Waals surface area contributed by atoms with E-state index >= 15 is 0 Å². The highest BCUT2D eigenvalue weighted by molar-refractivity contribution is 5.90. The molecule has 8 nitrogen and oxygen atoms in total. The monoisotopic (exact) mass is 540 g/mol. The van der Waals surface area contributed by atoms with Crippen LogP contribution in [0.5, 0.6) is 5.75 Å². The largest absolute Gasteiger partial charge is 0.491 e. The van der Waals surface area contributed by atoms with Crippen molar-refractivity contribution in [2.24, 2.45) is 0 Å². The lowest BCUT2D eigenvalue weighted by Crippen LogP contribution is -2.36. The lowest BCUT2D eigenvalue weighted by atomic mass is 9.86. The molecule has 39 heavy (non-hydrogen) atoms. The first-order valence-electron chi connectivity index (χ1n) is 12.6. The molecule has 0 unspecified atom stereocenters. The molecule has 0 atom stereocenters. The van der Waals surface area contributed by atoms with Crippen LogP contribution in [0.3, 0.4) is 0 Å². The van der Waals surface area contributed by atoms with Crippen molar-refractivity contribution >= 4 is 17.4 Å². The van der Waals surface area contributed by atoms with E-state index in [0.717, 1.165) is 17.7 Å². The molecule has 0 spiro atoms. The smallest absolute Gasteiger partial charge is 0.405 e. The van der Waals surface area contributed by atoms with E-state index in [-0.39, 0.29) is 17.2 Å². The summed E-state index contributed by atoms with van der Waals surface area (Å²) in [6, 6.07) is 9.73. The maximum atomic E-state index is 12.5. The quantitative estimate of drug-likeness (QED) is 0.262. The van der Waals surface area contributed by atoms with Gasteiger partial charge in [-0.15, -0.1) is 0 Å². The molecule has 1 aromatic carbocycles. The molecule has 0 fully saturated rings. The summed E-state index contributed by atoms with van der Waals surface area (Å²) < 4.78 is 45.2. The number of anilines is 1. The maximum Gasteiger partial charge on any atom is 0.405 e. The topological polar surface area (TPSA) is 93.4 Å². The van der Waals surface area contributed by atoms with Gasteiger partial charge in [-0.2, -0.15) is 13.2 Å². The molecule has 0 saturated heterocycles. The molecule has 3 heterocycles. The van der Waals surface area contributed by atoms with E-state index in [2.05, 4.69) is 36.1 Å². The Bertz CT molecular complexity index is 1480. The number of ether oxygens (including phenoxy) is 1. The first-order chi connectivity index (χ1) is 18.3. The summed E-state index contributed by atoms with van der Waals surface area (Å²) in [7, 11) is 0. The van der Waals surface area contributed by atoms with Crippen molar-refractivity contribution in [1.82, 2.24) is 24.7 Å². The Morgan fingerprint density at radius 1 is 1.08 bits per heavy atom. The molecule has 0 aliphatic heterocycles. The van der Waals surface area contributed by atoms with Crippen LogP contribution < -0.4 is 15.4 Å². The number of hydrogen-bond donors (Lipinski definition) is 2. The standard InChI is InChI=1S/C28H31F3N6O2/c1-6-27(4,5)23-7-9-32-25(36-23)18-8-10-37-22(15-33-24(37)13-18)19-11-20(14-21(12-19)39-17(2)3)35-26(38)34-16-28(29,30)31/h7-15,17H,6,16H2,1-5H3,(H2,34,35,38). The number of carbonyl (C=O) groups excluding carboxylic acids is 1. The number of halogens is 3. The zero-order chi connectivity index (χ0) is 28.4. The number of rotatable bonds is 8.